The van der Waals surface area contributed by atoms with Crippen molar-refractivity contribution in [2.45, 2.75) is 84.2 Å². The predicted octanol–water partition coefficient (Wildman–Crippen LogP) is 2.37. The van der Waals surface area contributed by atoms with Crippen LogP contribution < -0.4 is 5.73 Å². The molecule has 1 saturated heterocycles. The van der Waals surface area contributed by atoms with Crippen LogP contribution in [0.5, 0.6) is 0 Å². The Morgan fingerprint density at radius 3 is 2.16 bits per heavy atom. The maximum atomic E-state index is 12.8. The minimum atomic E-state index is -1.25. The van der Waals surface area contributed by atoms with Gasteiger partial charge in [-0.15, -0.1) is 17.0 Å². The number of amidine groups is 1. The van der Waals surface area contributed by atoms with E-state index in [0.717, 1.165) is 25.6 Å². The minimum absolute atomic E-state index is 0. The van der Waals surface area contributed by atoms with Gasteiger partial charge in [0, 0.05) is 39.3 Å². The Balaban J connectivity index is 0.00000684. The second-order valence-corrected chi connectivity index (χ2v) is 10.6. The summed E-state index contributed by atoms with van der Waals surface area (Å²) in [7, 11) is 0. The van der Waals surface area contributed by atoms with Crippen molar-refractivity contribution < 1.29 is 43.2 Å². The molecular weight excluding hydrogens is 574 g/mol. The van der Waals surface area contributed by atoms with E-state index in [9.17, 15) is 24.3 Å². The van der Waals surface area contributed by atoms with Gasteiger partial charge < -0.3 is 29.8 Å². The van der Waals surface area contributed by atoms with Crippen molar-refractivity contribution in [1.29, 1.82) is 5.41 Å². The zero-order chi connectivity index (χ0) is 27.4. The number of carbonyl (C=O) groups is 4. The Morgan fingerprint density at radius 2 is 1.68 bits per heavy atom. The number of aliphatic hydroxyl groups excluding tert-OH is 1. The largest absolute Gasteiger partial charge is 0.511 e. The van der Waals surface area contributed by atoms with Gasteiger partial charge in [-0.25, -0.2) is 0 Å². The molecule has 0 saturated carbocycles. The molecule has 1 aliphatic heterocycles. The van der Waals surface area contributed by atoms with E-state index in [-0.39, 0.29) is 64.4 Å². The average molecular weight is 609 g/mol. The number of carbonyl (C=O) groups excluding carboxylic acids is 4. The fourth-order valence-electron chi connectivity index (χ4n) is 4.23. The molecular formula is C23H34BrN3O9S. The van der Waals surface area contributed by atoms with Gasteiger partial charge in [0.15, 0.2) is 23.2 Å². The zero-order valence-corrected chi connectivity index (χ0v) is 24.1. The molecule has 208 valence electrons. The molecule has 0 bridgehead atoms. The highest BCUT2D eigenvalue weighted by Crippen LogP contribution is 2.38. The zero-order valence-electron chi connectivity index (χ0n) is 21.6. The molecule has 4 N–H and O–H groups in total. The van der Waals surface area contributed by atoms with E-state index in [1.165, 1.54) is 13.8 Å². The summed E-state index contributed by atoms with van der Waals surface area (Å²) in [5.74, 6) is -2.45. The molecule has 0 aromatic carbocycles. The molecule has 2 aliphatic rings. The van der Waals surface area contributed by atoms with Crippen molar-refractivity contribution in [2.24, 2.45) is 16.1 Å². The van der Waals surface area contributed by atoms with Gasteiger partial charge in [-0.2, -0.15) is 0 Å². The van der Waals surface area contributed by atoms with Crippen molar-refractivity contribution in [3.63, 3.8) is 0 Å². The molecule has 0 aromatic heterocycles. The topological polar surface area (TPSA) is 188 Å². The van der Waals surface area contributed by atoms with Gasteiger partial charge in [0.25, 0.3) is 0 Å². The first kappa shape index (κ1) is 32.6. The van der Waals surface area contributed by atoms with Gasteiger partial charge in [0.05, 0.1) is 5.57 Å². The number of nitrogens with one attached hydrogen (secondary N) is 1. The van der Waals surface area contributed by atoms with Crippen molar-refractivity contribution in [1.82, 2.24) is 0 Å². The van der Waals surface area contributed by atoms with E-state index in [1.807, 2.05) is 13.8 Å². The average Bonchev–Trinajstić information content (AvgIpc) is 2.68. The van der Waals surface area contributed by atoms with Crippen molar-refractivity contribution in [3.8, 4) is 0 Å². The number of hydrogen-bond acceptors (Lipinski definition) is 12. The molecule has 5 atom stereocenters. The number of esters is 3. The lowest BCUT2D eigenvalue weighted by Gasteiger charge is -2.43. The standard InChI is InChI=1S/C23H33N3O9S.BrH/c1-10(17-14(30)7-23(5,6)8-15(17)31)26-18-20(34-13(4)29)19(33-12(3)28)16(9-32-11(2)27)35-21(18)36-22(24)25;/h16,18-21,30H,7-9H2,1-6H3,(H3,24,25);1H/t16-,18-,19-,20-,21+;/m1./s1. The number of ketones is 1. The van der Waals surface area contributed by atoms with Gasteiger partial charge in [0.2, 0.25) is 0 Å². The van der Waals surface area contributed by atoms with Crippen LogP contribution in [0.1, 0.15) is 54.4 Å². The summed E-state index contributed by atoms with van der Waals surface area (Å²) in [4.78, 5) is 52.8. The first-order valence-electron chi connectivity index (χ1n) is 11.3. The number of nitrogens with two attached hydrogens (primary N) is 1. The Hall–Kier alpha value is -2.45. The fraction of sp³-hybridized carbons (Fsp3) is 0.652. The molecule has 0 spiro atoms. The van der Waals surface area contributed by atoms with E-state index >= 15 is 0 Å². The maximum Gasteiger partial charge on any atom is 0.303 e. The molecule has 1 heterocycles. The summed E-state index contributed by atoms with van der Waals surface area (Å²) in [6.45, 7) is 8.41. The van der Waals surface area contributed by atoms with Crippen LogP contribution in [0.2, 0.25) is 0 Å². The number of ether oxygens (including phenoxy) is 4. The lowest BCUT2D eigenvalue weighted by Crippen LogP contribution is -2.60. The minimum Gasteiger partial charge on any atom is -0.511 e. The number of halogens is 1. The number of thioether (sulfide) groups is 1. The number of aliphatic imine (C=N–C) groups is 1. The van der Waals surface area contributed by atoms with Crippen LogP contribution >= 0.6 is 28.7 Å². The number of aliphatic hydroxyl groups is 1. The SMILES string of the molecule is Br.CC(=O)OC[C@H]1O[C@@H](SC(=N)N)[C@H](N=C(C)C2=C(O)CC(C)(C)CC2=O)[C@@H](OC(C)=O)[C@@H]1OC(C)=O. The summed E-state index contributed by atoms with van der Waals surface area (Å²) < 4.78 is 21.9. The molecule has 0 aromatic rings. The Labute approximate surface area is 230 Å². The highest BCUT2D eigenvalue weighted by atomic mass is 79.9. The van der Waals surface area contributed by atoms with E-state index < -0.39 is 53.1 Å². The third kappa shape index (κ3) is 9.11. The second kappa shape index (κ2) is 13.4. The quantitative estimate of drug-likeness (QED) is 0.167. The summed E-state index contributed by atoms with van der Waals surface area (Å²) in [6.07, 6.45) is -3.10. The number of Topliss-reactive ketones (excluding diaryl/α,β-unsaturated/α-hetero) is 1. The van der Waals surface area contributed by atoms with Gasteiger partial charge in [-0.3, -0.25) is 29.6 Å². The van der Waals surface area contributed by atoms with E-state index in [1.54, 1.807) is 0 Å². The smallest absolute Gasteiger partial charge is 0.303 e. The van der Waals surface area contributed by atoms with Crippen LogP contribution in [0.25, 0.3) is 0 Å². The molecule has 1 fully saturated rings. The Bertz CT molecular complexity index is 998. The molecule has 1 aliphatic carbocycles. The Morgan fingerprint density at radius 1 is 1.11 bits per heavy atom. The van der Waals surface area contributed by atoms with E-state index in [0.29, 0.717) is 0 Å². The summed E-state index contributed by atoms with van der Waals surface area (Å²) in [5.41, 5.74) is 4.34. The predicted molar refractivity (Wildman–Crippen MR) is 141 cm³/mol. The molecule has 37 heavy (non-hydrogen) atoms. The molecule has 0 radical (unpaired) electrons. The number of hydrogen-bond donors (Lipinski definition) is 3. The lowest BCUT2D eigenvalue weighted by molar-refractivity contribution is -0.208. The molecule has 2 rings (SSSR count). The number of nitrogens with zero attached hydrogens (tertiary/aromatic N) is 1. The van der Waals surface area contributed by atoms with E-state index in [2.05, 4.69) is 4.99 Å². The first-order chi connectivity index (χ1) is 16.6. The first-order valence-corrected chi connectivity index (χ1v) is 12.1. The molecule has 0 amide bonds. The summed E-state index contributed by atoms with van der Waals surface area (Å²) >= 11 is 0.759. The second-order valence-electron chi connectivity index (χ2n) is 9.44. The third-order valence-corrected chi connectivity index (χ3v) is 6.35. The van der Waals surface area contributed by atoms with Crippen LogP contribution in [0.3, 0.4) is 0 Å². The maximum absolute atomic E-state index is 12.8. The molecule has 0 unspecified atom stereocenters. The van der Waals surface area contributed by atoms with Crippen LogP contribution in [-0.2, 0) is 38.1 Å². The normalized spacial score (nSPS) is 27.6. The van der Waals surface area contributed by atoms with Crippen molar-refractivity contribution in [2.75, 3.05) is 6.61 Å². The number of rotatable bonds is 7. The van der Waals surface area contributed by atoms with Crippen LogP contribution in [0.15, 0.2) is 16.3 Å². The van der Waals surface area contributed by atoms with Crippen molar-refractivity contribution >= 4 is 63.3 Å². The van der Waals surface area contributed by atoms with Crippen LogP contribution in [0.4, 0.5) is 0 Å². The monoisotopic (exact) mass is 607 g/mol. The van der Waals surface area contributed by atoms with Crippen LogP contribution in [0, 0.1) is 10.8 Å². The fourth-order valence-corrected chi connectivity index (χ4v) is 5.04. The number of allylic oxidation sites excluding steroid dienone is 2. The highest BCUT2D eigenvalue weighted by Gasteiger charge is 2.51. The van der Waals surface area contributed by atoms with Gasteiger partial charge in [-0.05, 0) is 12.3 Å². The van der Waals surface area contributed by atoms with Crippen molar-refractivity contribution in [3.05, 3.63) is 11.3 Å². The van der Waals surface area contributed by atoms with Crippen LogP contribution in [-0.4, -0.2) is 76.1 Å². The Kier molecular flexibility index (Phi) is 11.8. The summed E-state index contributed by atoms with van der Waals surface area (Å²) in [5, 5.41) is 18.0. The lowest BCUT2D eigenvalue weighted by atomic mass is 9.75. The highest BCUT2D eigenvalue weighted by molar-refractivity contribution is 8.93. The third-order valence-electron chi connectivity index (χ3n) is 5.47. The van der Waals surface area contributed by atoms with Gasteiger partial charge >= 0.3 is 17.9 Å². The summed E-state index contributed by atoms with van der Waals surface area (Å²) in [6, 6.07) is -1.11. The van der Waals surface area contributed by atoms with Gasteiger partial charge in [-0.1, -0.05) is 25.6 Å². The van der Waals surface area contributed by atoms with Gasteiger partial charge in [0.1, 0.15) is 29.9 Å². The molecule has 14 heteroatoms. The molecule has 12 nitrogen and oxygen atoms in total. The van der Waals surface area contributed by atoms with E-state index in [4.69, 9.17) is 30.1 Å².